The quantitative estimate of drug-likeness (QED) is 0.835. The van der Waals surface area contributed by atoms with E-state index in [0.29, 0.717) is 17.7 Å². The lowest BCUT2D eigenvalue weighted by Crippen LogP contribution is -2.38. The normalized spacial score (nSPS) is 20.6. The second kappa shape index (κ2) is 5.26. The first kappa shape index (κ1) is 13.5. The lowest BCUT2D eigenvalue weighted by atomic mass is 10.2. The van der Waals surface area contributed by atoms with E-state index in [-0.39, 0.29) is 9.44 Å². The average molecular weight is 337 g/mol. The molecule has 0 radical (unpaired) electrons. The highest BCUT2D eigenvalue weighted by molar-refractivity contribution is 8.36. The van der Waals surface area contributed by atoms with Gasteiger partial charge in [0.2, 0.25) is 11.8 Å². The van der Waals surface area contributed by atoms with Crippen molar-refractivity contribution >= 4 is 47.2 Å². The fraction of sp³-hybridized carbons (Fsp3) is 0.308. The number of anilines is 1. The van der Waals surface area contributed by atoms with Crippen molar-refractivity contribution in [2.45, 2.75) is 3.54 Å². The van der Waals surface area contributed by atoms with Gasteiger partial charge in [-0.3, -0.25) is 4.79 Å². The fourth-order valence-corrected chi connectivity index (χ4v) is 7.16. The first-order valence-corrected chi connectivity index (χ1v) is 9.38. The Labute approximate surface area is 134 Å². The van der Waals surface area contributed by atoms with Gasteiger partial charge < -0.3 is 4.42 Å². The van der Waals surface area contributed by atoms with Gasteiger partial charge in [-0.1, -0.05) is 23.3 Å². The van der Waals surface area contributed by atoms with E-state index in [1.807, 2.05) is 30.3 Å². The van der Waals surface area contributed by atoms with Crippen molar-refractivity contribution in [3.8, 4) is 11.5 Å². The summed E-state index contributed by atoms with van der Waals surface area (Å²) in [5.74, 6) is 2.99. The first-order valence-electron chi connectivity index (χ1n) is 6.42. The van der Waals surface area contributed by atoms with Gasteiger partial charge in [0.15, 0.2) is 3.54 Å². The maximum Gasteiger partial charge on any atom is 0.327 e. The second-order valence-electron chi connectivity index (χ2n) is 4.49. The highest BCUT2D eigenvalue weighted by Gasteiger charge is 2.52. The number of carbonyl (C=O) groups is 1. The van der Waals surface area contributed by atoms with E-state index in [2.05, 4.69) is 10.2 Å². The molecule has 0 saturated carbocycles. The zero-order chi connectivity index (χ0) is 14.3. The van der Waals surface area contributed by atoms with Gasteiger partial charge >= 0.3 is 6.01 Å². The predicted octanol–water partition coefficient (Wildman–Crippen LogP) is 2.91. The summed E-state index contributed by atoms with van der Waals surface area (Å²) in [6.07, 6.45) is 0. The van der Waals surface area contributed by atoms with Gasteiger partial charge in [-0.05, 0) is 12.1 Å². The van der Waals surface area contributed by atoms with Crippen molar-refractivity contribution in [1.29, 1.82) is 0 Å². The Morgan fingerprint density at radius 2 is 1.86 bits per heavy atom. The van der Waals surface area contributed by atoms with Crippen LogP contribution in [0.25, 0.3) is 11.5 Å². The predicted molar refractivity (Wildman–Crippen MR) is 87.3 cm³/mol. The zero-order valence-corrected chi connectivity index (χ0v) is 13.3. The number of rotatable bonds is 2. The van der Waals surface area contributed by atoms with E-state index in [1.165, 1.54) is 0 Å². The van der Waals surface area contributed by atoms with Crippen LogP contribution in [0.1, 0.15) is 0 Å². The minimum absolute atomic E-state index is 0.0326. The molecule has 4 rings (SSSR count). The number of hydrogen-bond acceptors (Lipinski definition) is 7. The fourth-order valence-electron chi connectivity index (χ4n) is 2.26. The number of nitrogens with zero attached hydrogens (tertiary/aromatic N) is 3. The molecule has 2 saturated heterocycles. The number of thioether (sulfide) groups is 3. The summed E-state index contributed by atoms with van der Waals surface area (Å²) in [5.41, 5.74) is 0.858. The van der Waals surface area contributed by atoms with Crippen LogP contribution in [0, 0.1) is 0 Å². The molecule has 2 fully saturated rings. The standard InChI is InChI=1S/C13H11N3O2S3/c17-10-8-21-13(19-6-7-20-13)16(10)12-15-14-11(18-12)9-4-2-1-3-5-9/h1-5H,6-8H2. The Balaban J connectivity index is 1.70. The van der Waals surface area contributed by atoms with Gasteiger partial charge in [0.05, 0.1) is 5.75 Å². The van der Waals surface area contributed by atoms with Gasteiger partial charge in [0.25, 0.3) is 0 Å². The lowest BCUT2D eigenvalue weighted by molar-refractivity contribution is -0.115. The molecule has 2 aliphatic heterocycles. The summed E-state index contributed by atoms with van der Waals surface area (Å²) in [6.45, 7) is 0. The maximum atomic E-state index is 12.2. The molecule has 0 bridgehead atoms. The van der Waals surface area contributed by atoms with E-state index in [0.717, 1.165) is 17.1 Å². The highest BCUT2D eigenvalue weighted by Crippen LogP contribution is 2.58. The Kier molecular flexibility index (Phi) is 3.39. The second-order valence-corrected chi connectivity index (χ2v) is 9.01. The number of benzene rings is 1. The van der Waals surface area contributed by atoms with E-state index in [9.17, 15) is 4.79 Å². The molecule has 108 valence electrons. The Morgan fingerprint density at radius 1 is 1.10 bits per heavy atom. The third kappa shape index (κ3) is 2.25. The Morgan fingerprint density at radius 3 is 2.62 bits per heavy atom. The van der Waals surface area contributed by atoms with Gasteiger partial charge in [-0.2, -0.15) is 0 Å². The van der Waals surface area contributed by atoms with E-state index >= 15 is 0 Å². The van der Waals surface area contributed by atoms with Crippen molar-refractivity contribution in [2.24, 2.45) is 0 Å². The van der Waals surface area contributed by atoms with Gasteiger partial charge in [-0.15, -0.1) is 40.4 Å². The van der Waals surface area contributed by atoms with Crippen LogP contribution in [0.15, 0.2) is 34.7 Å². The van der Waals surface area contributed by atoms with Crippen LogP contribution in [0.3, 0.4) is 0 Å². The largest absolute Gasteiger partial charge is 0.403 e. The molecule has 0 atom stereocenters. The summed E-state index contributed by atoms with van der Waals surface area (Å²) >= 11 is 5.18. The molecule has 1 amide bonds. The summed E-state index contributed by atoms with van der Waals surface area (Å²) in [4.78, 5) is 13.9. The molecule has 1 aromatic heterocycles. The van der Waals surface area contributed by atoms with E-state index < -0.39 is 0 Å². The molecular weight excluding hydrogens is 326 g/mol. The van der Waals surface area contributed by atoms with Crippen LogP contribution in [0.2, 0.25) is 0 Å². The van der Waals surface area contributed by atoms with Crippen LogP contribution < -0.4 is 4.90 Å². The summed E-state index contributed by atoms with van der Waals surface area (Å²) in [5, 5.41) is 8.17. The monoisotopic (exact) mass is 337 g/mol. The number of amides is 1. The Bertz CT molecular complexity index is 670. The molecular formula is C13H11N3O2S3. The van der Waals surface area contributed by atoms with Crippen LogP contribution in [0.5, 0.6) is 0 Å². The lowest BCUT2D eigenvalue weighted by Gasteiger charge is -2.28. The SMILES string of the molecule is O=C1CSC2(SCCS2)N1c1nnc(-c2ccccc2)o1. The van der Waals surface area contributed by atoms with Crippen LogP contribution in [0.4, 0.5) is 6.01 Å². The minimum atomic E-state index is -0.322. The highest BCUT2D eigenvalue weighted by atomic mass is 32.3. The van der Waals surface area contributed by atoms with E-state index in [4.69, 9.17) is 4.42 Å². The third-order valence-electron chi connectivity index (χ3n) is 3.18. The first-order chi connectivity index (χ1) is 10.3. The molecule has 0 N–H and O–H groups in total. The molecule has 5 nitrogen and oxygen atoms in total. The molecule has 8 heteroatoms. The number of aromatic nitrogens is 2. The van der Waals surface area contributed by atoms with Crippen molar-refractivity contribution in [3.63, 3.8) is 0 Å². The van der Waals surface area contributed by atoms with Gasteiger partial charge in [-0.25, -0.2) is 4.90 Å². The molecule has 1 aromatic carbocycles. The van der Waals surface area contributed by atoms with Crippen molar-refractivity contribution in [1.82, 2.24) is 10.2 Å². The van der Waals surface area contributed by atoms with Crippen LogP contribution in [-0.4, -0.2) is 36.9 Å². The van der Waals surface area contributed by atoms with E-state index in [1.54, 1.807) is 40.2 Å². The smallest absolute Gasteiger partial charge is 0.327 e. The number of carbonyl (C=O) groups excluding carboxylic acids is 1. The summed E-state index contributed by atoms with van der Waals surface area (Å²) in [6, 6.07) is 9.88. The molecule has 21 heavy (non-hydrogen) atoms. The van der Waals surface area contributed by atoms with Gasteiger partial charge in [0.1, 0.15) is 0 Å². The minimum Gasteiger partial charge on any atom is -0.403 e. The third-order valence-corrected chi connectivity index (χ3v) is 8.41. The molecule has 0 unspecified atom stereocenters. The average Bonchev–Trinajstić information content (AvgIpc) is 3.22. The molecule has 3 heterocycles. The summed E-state index contributed by atoms with van der Waals surface area (Å²) < 4.78 is 5.43. The van der Waals surface area contributed by atoms with Crippen LogP contribution >= 0.6 is 35.3 Å². The molecule has 2 aliphatic rings. The number of hydrogen-bond donors (Lipinski definition) is 0. The molecule has 2 aromatic rings. The maximum absolute atomic E-state index is 12.2. The van der Waals surface area contributed by atoms with Crippen molar-refractivity contribution in [3.05, 3.63) is 30.3 Å². The molecule has 1 spiro atoms. The van der Waals surface area contributed by atoms with Crippen molar-refractivity contribution < 1.29 is 9.21 Å². The van der Waals surface area contributed by atoms with Crippen molar-refractivity contribution in [2.75, 3.05) is 22.2 Å². The Hall–Kier alpha value is -1.12. The van der Waals surface area contributed by atoms with Gasteiger partial charge in [0, 0.05) is 17.1 Å². The molecule has 0 aliphatic carbocycles. The van der Waals surface area contributed by atoms with Crippen LogP contribution in [-0.2, 0) is 4.79 Å². The topological polar surface area (TPSA) is 59.2 Å². The zero-order valence-electron chi connectivity index (χ0n) is 10.9. The summed E-state index contributed by atoms with van der Waals surface area (Å²) in [7, 11) is 0.